The van der Waals surface area contributed by atoms with Crippen LogP contribution in [0.1, 0.15) is 0 Å². The molecule has 0 unspecified atom stereocenters. The number of nitrogens with zero attached hydrogens (tertiary/aromatic N) is 2. The molecule has 0 aliphatic heterocycles. The zero-order valence-electron chi connectivity index (χ0n) is 11.8. The molecule has 1 N–H and O–H groups in total. The Morgan fingerprint density at radius 3 is 2.25 bits per heavy atom. The van der Waals surface area contributed by atoms with Crippen LogP contribution >= 0.6 is 23.8 Å². The van der Waals surface area contributed by atoms with Gasteiger partial charge in [0.15, 0.2) is 10.6 Å². The summed E-state index contributed by atoms with van der Waals surface area (Å²) in [5, 5.41) is 7.39. The fraction of sp³-hybridized carbons (Fsp3) is 0.0667. The van der Waals surface area contributed by atoms with Gasteiger partial charge in [-0.05, 0) is 60.7 Å². The second-order valence-corrected chi connectivity index (χ2v) is 5.56. The molecule has 3 aromatic rings. The van der Waals surface area contributed by atoms with Gasteiger partial charge in [-0.2, -0.15) is 5.10 Å². The first-order valence-electron chi connectivity index (χ1n) is 6.63. The van der Waals surface area contributed by atoms with Crippen LogP contribution in [0.2, 0.25) is 5.02 Å². The van der Waals surface area contributed by atoms with Crippen molar-refractivity contribution in [2.24, 2.45) is 0 Å². The summed E-state index contributed by atoms with van der Waals surface area (Å²) in [6.07, 6.45) is -4.73. The smallest absolute Gasteiger partial charge is 0.406 e. The lowest BCUT2D eigenvalue weighted by atomic mass is 10.2. The van der Waals surface area contributed by atoms with E-state index >= 15 is 0 Å². The van der Waals surface area contributed by atoms with Crippen molar-refractivity contribution in [3.05, 3.63) is 58.3 Å². The number of halogens is 4. The van der Waals surface area contributed by atoms with E-state index in [1.807, 2.05) is 0 Å². The number of aromatic nitrogens is 3. The van der Waals surface area contributed by atoms with Crippen LogP contribution in [0.3, 0.4) is 0 Å². The third kappa shape index (κ3) is 3.60. The molecule has 0 saturated carbocycles. The molecule has 0 bridgehead atoms. The van der Waals surface area contributed by atoms with Gasteiger partial charge in [-0.15, -0.1) is 13.2 Å². The van der Waals surface area contributed by atoms with Crippen LogP contribution in [0.4, 0.5) is 13.2 Å². The fourth-order valence-electron chi connectivity index (χ4n) is 2.13. The average molecular weight is 372 g/mol. The van der Waals surface area contributed by atoms with Crippen molar-refractivity contribution in [2.45, 2.75) is 6.36 Å². The molecule has 4 nitrogen and oxygen atoms in total. The van der Waals surface area contributed by atoms with E-state index in [0.717, 1.165) is 5.69 Å². The molecule has 0 spiro atoms. The Bertz CT molecular complexity index is 901. The first kappa shape index (κ1) is 16.5. The van der Waals surface area contributed by atoms with Crippen LogP contribution < -0.4 is 4.74 Å². The van der Waals surface area contributed by atoms with Gasteiger partial charge in [0.05, 0.1) is 5.69 Å². The van der Waals surface area contributed by atoms with Crippen molar-refractivity contribution in [3.8, 4) is 22.8 Å². The lowest BCUT2D eigenvalue weighted by molar-refractivity contribution is -0.274. The molecule has 2 aromatic carbocycles. The zero-order chi connectivity index (χ0) is 17.3. The van der Waals surface area contributed by atoms with Gasteiger partial charge in [0.25, 0.3) is 0 Å². The van der Waals surface area contributed by atoms with Crippen molar-refractivity contribution in [3.63, 3.8) is 0 Å². The Balaban J connectivity index is 1.99. The SMILES string of the molecule is FC(F)(F)Oc1ccc(-c2n[nH]c(=S)n2-c2ccc(Cl)cc2)cc1. The van der Waals surface area contributed by atoms with E-state index in [1.165, 1.54) is 24.3 Å². The molecule has 0 atom stereocenters. The second kappa shape index (κ2) is 6.29. The number of hydrogen-bond donors (Lipinski definition) is 1. The van der Waals surface area contributed by atoms with Crippen molar-refractivity contribution < 1.29 is 17.9 Å². The highest BCUT2D eigenvalue weighted by molar-refractivity contribution is 7.71. The summed E-state index contributed by atoms with van der Waals surface area (Å²) in [4.78, 5) is 0. The van der Waals surface area contributed by atoms with E-state index in [1.54, 1.807) is 28.8 Å². The number of aromatic amines is 1. The molecule has 1 heterocycles. The molecular formula is C15H9ClF3N3OS. The monoisotopic (exact) mass is 371 g/mol. The van der Waals surface area contributed by atoms with E-state index < -0.39 is 6.36 Å². The summed E-state index contributed by atoms with van der Waals surface area (Å²) in [7, 11) is 0. The van der Waals surface area contributed by atoms with Crippen molar-refractivity contribution in [1.29, 1.82) is 0 Å². The number of alkyl halides is 3. The van der Waals surface area contributed by atoms with Gasteiger partial charge in [-0.25, -0.2) is 0 Å². The Hall–Kier alpha value is -2.32. The summed E-state index contributed by atoms with van der Waals surface area (Å²) in [6, 6.07) is 12.3. The normalized spacial score (nSPS) is 11.5. The van der Waals surface area contributed by atoms with Crippen LogP contribution in [-0.2, 0) is 0 Å². The Morgan fingerprint density at radius 2 is 1.67 bits per heavy atom. The quantitative estimate of drug-likeness (QED) is 0.647. The van der Waals surface area contributed by atoms with Crippen LogP contribution in [0.25, 0.3) is 17.1 Å². The third-order valence-corrected chi connectivity index (χ3v) is 3.63. The van der Waals surface area contributed by atoms with Crippen molar-refractivity contribution in [2.75, 3.05) is 0 Å². The zero-order valence-corrected chi connectivity index (χ0v) is 13.4. The van der Waals surface area contributed by atoms with Gasteiger partial charge in [0.2, 0.25) is 0 Å². The van der Waals surface area contributed by atoms with Crippen molar-refractivity contribution >= 4 is 23.8 Å². The van der Waals surface area contributed by atoms with E-state index in [0.29, 0.717) is 21.2 Å². The highest BCUT2D eigenvalue weighted by Crippen LogP contribution is 2.27. The molecule has 0 amide bonds. The highest BCUT2D eigenvalue weighted by Gasteiger charge is 2.31. The first-order valence-corrected chi connectivity index (χ1v) is 7.42. The average Bonchev–Trinajstić information content (AvgIpc) is 2.89. The maximum atomic E-state index is 12.2. The maximum absolute atomic E-state index is 12.2. The Labute approximate surface area is 144 Å². The van der Waals surface area contributed by atoms with Gasteiger partial charge in [0, 0.05) is 10.6 Å². The van der Waals surface area contributed by atoms with Crippen molar-refractivity contribution in [1.82, 2.24) is 14.8 Å². The molecule has 24 heavy (non-hydrogen) atoms. The molecule has 0 radical (unpaired) electrons. The summed E-state index contributed by atoms with van der Waals surface area (Å²) in [5.41, 5.74) is 1.30. The molecule has 1 aromatic heterocycles. The molecule has 0 aliphatic rings. The number of nitrogens with one attached hydrogen (secondary N) is 1. The predicted molar refractivity (Wildman–Crippen MR) is 85.9 cm³/mol. The van der Waals surface area contributed by atoms with Crippen LogP contribution in [0, 0.1) is 4.77 Å². The Morgan fingerprint density at radius 1 is 1.04 bits per heavy atom. The number of rotatable bonds is 3. The fourth-order valence-corrected chi connectivity index (χ4v) is 2.49. The van der Waals surface area contributed by atoms with E-state index in [9.17, 15) is 13.2 Å². The Kier molecular flexibility index (Phi) is 4.33. The molecule has 9 heteroatoms. The minimum atomic E-state index is -4.73. The highest BCUT2D eigenvalue weighted by atomic mass is 35.5. The standard InChI is InChI=1S/C15H9ClF3N3OS/c16-10-3-5-11(6-4-10)22-13(20-21-14(22)24)9-1-7-12(8-2-9)23-15(17,18)19/h1-8H,(H,21,24). The van der Waals surface area contributed by atoms with E-state index in [4.69, 9.17) is 23.8 Å². The lowest BCUT2D eigenvalue weighted by Gasteiger charge is -2.10. The van der Waals surface area contributed by atoms with Crippen LogP contribution in [-0.4, -0.2) is 21.1 Å². The summed E-state index contributed by atoms with van der Waals surface area (Å²) in [6.45, 7) is 0. The van der Waals surface area contributed by atoms with Crippen LogP contribution in [0.5, 0.6) is 5.75 Å². The van der Waals surface area contributed by atoms with E-state index in [2.05, 4.69) is 14.9 Å². The summed E-state index contributed by atoms with van der Waals surface area (Å²) in [5.74, 6) is 0.152. The molecular weight excluding hydrogens is 363 g/mol. The first-order chi connectivity index (χ1) is 11.3. The number of H-pyrrole nitrogens is 1. The van der Waals surface area contributed by atoms with Gasteiger partial charge < -0.3 is 4.74 Å². The topological polar surface area (TPSA) is 42.8 Å². The summed E-state index contributed by atoms with van der Waals surface area (Å²) >= 11 is 11.1. The number of benzene rings is 2. The molecule has 124 valence electrons. The second-order valence-electron chi connectivity index (χ2n) is 4.74. The van der Waals surface area contributed by atoms with E-state index in [-0.39, 0.29) is 5.75 Å². The summed E-state index contributed by atoms with van der Waals surface area (Å²) < 4.78 is 42.5. The molecule has 3 rings (SSSR count). The van der Waals surface area contributed by atoms with Gasteiger partial charge >= 0.3 is 6.36 Å². The van der Waals surface area contributed by atoms with Crippen LogP contribution in [0.15, 0.2) is 48.5 Å². The number of ether oxygens (including phenoxy) is 1. The molecule has 0 fully saturated rings. The lowest BCUT2D eigenvalue weighted by Crippen LogP contribution is -2.16. The van der Waals surface area contributed by atoms with Gasteiger partial charge in [0.1, 0.15) is 5.75 Å². The molecule has 0 aliphatic carbocycles. The van der Waals surface area contributed by atoms with Gasteiger partial charge in [-0.3, -0.25) is 9.67 Å². The number of hydrogen-bond acceptors (Lipinski definition) is 3. The largest absolute Gasteiger partial charge is 0.573 e. The molecule has 0 saturated heterocycles. The predicted octanol–water partition coefficient (Wildman–Crippen LogP) is 5.15. The minimum absolute atomic E-state index is 0.307. The third-order valence-electron chi connectivity index (χ3n) is 3.10. The minimum Gasteiger partial charge on any atom is -0.406 e. The van der Waals surface area contributed by atoms with Gasteiger partial charge in [-0.1, -0.05) is 11.6 Å². The maximum Gasteiger partial charge on any atom is 0.573 e.